The highest BCUT2D eigenvalue weighted by molar-refractivity contribution is 9.10. The molecule has 1 N–H and O–H groups in total. The van der Waals surface area contributed by atoms with E-state index in [4.69, 9.17) is 14.7 Å². The highest BCUT2D eigenvalue weighted by Gasteiger charge is 2.16. The molecule has 92 valence electrons. The van der Waals surface area contributed by atoms with Crippen LogP contribution in [0.25, 0.3) is 6.08 Å². The van der Waals surface area contributed by atoms with Crippen molar-refractivity contribution >= 4 is 27.9 Å². The lowest BCUT2D eigenvalue weighted by Gasteiger charge is -2.03. The van der Waals surface area contributed by atoms with Gasteiger partial charge in [-0.25, -0.2) is 0 Å². The Labute approximate surface area is 112 Å². The molecule has 1 heterocycles. The van der Waals surface area contributed by atoms with Gasteiger partial charge in [0.15, 0.2) is 11.5 Å². The Balaban J connectivity index is 2.43. The molecule has 1 aromatic carbocycles. The molecule has 1 aliphatic rings. The normalized spacial score (nSPS) is 13.1. The van der Waals surface area contributed by atoms with Gasteiger partial charge in [-0.3, -0.25) is 4.79 Å². The summed E-state index contributed by atoms with van der Waals surface area (Å²) in [6, 6.07) is 5.31. The molecule has 1 aliphatic heterocycles. The number of ether oxygens (including phenoxy) is 2. The van der Waals surface area contributed by atoms with Crippen LogP contribution in [0.4, 0.5) is 0 Å². The van der Waals surface area contributed by atoms with E-state index in [0.717, 1.165) is 4.47 Å². The van der Waals surface area contributed by atoms with E-state index in [9.17, 15) is 4.79 Å². The third-order valence-corrected chi connectivity index (χ3v) is 3.07. The van der Waals surface area contributed by atoms with Crippen molar-refractivity contribution in [2.24, 2.45) is 0 Å². The van der Waals surface area contributed by atoms with Crippen molar-refractivity contribution in [1.29, 1.82) is 5.26 Å². The first-order chi connectivity index (χ1) is 8.65. The number of halogens is 1. The molecule has 2 rings (SSSR count). The summed E-state index contributed by atoms with van der Waals surface area (Å²) in [5.74, 6) is 0.804. The molecule has 0 saturated carbocycles. The van der Waals surface area contributed by atoms with Crippen LogP contribution in [0.15, 0.2) is 22.2 Å². The third kappa shape index (κ3) is 2.31. The minimum Gasteiger partial charge on any atom is -0.454 e. The Hall–Kier alpha value is -2.00. The van der Waals surface area contributed by atoms with Gasteiger partial charge in [-0.2, -0.15) is 5.26 Å². The quantitative estimate of drug-likeness (QED) is 0.668. The van der Waals surface area contributed by atoms with Gasteiger partial charge in [0.1, 0.15) is 11.6 Å². The van der Waals surface area contributed by atoms with Gasteiger partial charge >= 0.3 is 0 Å². The topological polar surface area (TPSA) is 71.4 Å². The van der Waals surface area contributed by atoms with Crippen LogP contribution < -0.4 is 14.8 Å². The minimum atomic E-state index is -0.429. The van der Waals surface area contributed by atoms with Crippen LogP contribution in [-0.2, 0) is 4.79 Å². The maximum Gasteiger partial charge on any atom is 0.261 e. The second-order valence-corrected chi connectivity index (χ2v) is 4.33. The summed E-state index contributed by atoms with van der Waals surface area (Å²) >= 11 is 3.36. The number of carbonyl (C=O) groups is 1. The van der Waals surface area contributed by atoms with Crippen molar-refractivity contribution in [2.75, 3.05) is 13.8 Å². The van der Waals surface area contributed by atoms with Crippen molar-refractivity contribution in [3.05, 3.63) is 27.7 Å². The molecule has 5 nitrogen and oxygen atoms in total. The third-order valence-electron chi connectivity index (χ3n) is 2.38. The molecule has 0 unspecified atom stereocenters. The van der Waals surface area contributed by atoms with Crippen molar-refractivity contribution in [3.63, 3.8) is 0 Å². The largest absolute Gasteiger partial charge is 0.454 e. The average molecular weight is 309 g/mol. The first-order valence-corrected chi connectivity index (χ1v) is 5.88. The van der Waals surface area contributed by atoms with Crippen LogP contribution in [0, 0.1) is 11.3 Å². The fourth-order valence-corrected chi connectivity index (χ4v) is 1.92. The molecule has 1 amide bonds. The zero-order valence-corrected chi connectivity index (χ0v) is 11.1. The number of carbonyl (C=O) groups excluding carboxylic acids is 1. The van der Waals surface area contributed by atoms with Crippen LogP contribution in [0.3, 0.4) is 0 Å². The summed E-state index contributed by atoms with van der Waals surface area (Å²) in [4.78, 5) is 11.4. The molecule has 0 aliphatic carbocycles. The predicted octanol–water partition coefficient (Wildman–Crippen LogP) is 1.83. The Kier molecular flexibility index (Phi) is 3.53. The van der Waals surface area contributed by atoms with Gasteiger partial charge in [-0.1, -0.05) is 15.9 Å². The lowest BCUT2D eigenvalue weighted by molar-refractivity contribution is -0.116. The van der Waals surface area contributed by atoms with Gasteiger partial charge in [0.05, 0.1) is 0 Å². The molecular formula is C12H9BrN2O3. The first-order valence-electron chi connectivity index (χ1n) is 5.08. The van der Waals surface area contributed by atoms with Crippen molar-refractivity contribution < 1.29 is 14.3 Å². The van der Waals surface area contributed by atoms with Crippen LogP contribution >= 0.6 is 15.9 Å². The van der Waals surface area contributed by atoms with Gasteiger partial charge in [0.25, 0.3) is 5.91 Å². The number of rotatable bonds is 2. The Morgan fingerprint density at radius 2 is 2.17 bits per heavy atom. The molecule has 0 atom stereocenters. The minimum absolute atomic E-state index is 0.0251. The predicted molar refractivity (Wildman–Crippen MR) is 67.9 cm³/mol. The van der Waals surface area contributed by atoms with Gasteiger partial charge in [-0.05, 0) is 23.8 Å². The fraction of sp³-hybridized carbons (Fsp3) is 0.167. The highest BCUT2D eigenvalue weighted by atomic mass is 79.9. The molecule has 18 heavy (non-hydrogen) atoms. The van der Waals surface area contributed by atoms with Gasteiger partial charge in [0, 0.05) is 11.5 Å². The van der Waals surface area contributed by atoms with Crippen LogP contribution in [-0.4, -0.2) is 19.7 Å². The molecule has 6 heteroatoms. The zero-order chi connectivity index (χ0) is 13.1. The standard InChI is InChI=1S/C12H9BrN2O3/c1-15-12(16)8(5-14)2-7-3-10-11(4-9(7)13)18-6-17-10/h2-4H,6H2,1H3,(H,15,16)/b8-2+. The number of likely N-dealkylation sites (N-methyl/N-ethyl adjacent to an activating group) is 1. The van der Waals surface area contributed by atoms with Crippen LogP contribution in [0.5, 0.6) is 11.5 Å². The van der Waals surface area contributed by atoms with Gasteiger partial charge < -0.3 is 14.8 Å². The van der Waals surface area contributed by atoms with E-state index >= 15 is 0 Å². The smallest absolute Gasteiger partial charge is 0.261 e. The number of nitriles is 1. The van der Waals surface area contributed by atoms with Crippen LogP contribution in [0.2, 0.25) is 0 Å². The number of benzene rings is 1. The van der Waals surface area contributed by atoms with E-state index in [1.165, 1.54) is 13.1 Å². The zero-order valence-electron chi connectivity index (χ0n) is 9.49. The lowest BCUT2D eigenvalue weighted by atomic mass is 10.1. The molecule has 0 bridgehead atoms. The summed E-state index contributed by atoms with van der Waals surface area (Å²) in [6.07, 6.45) is 1.49. The number of fused-ring (bicyclic) bond motifs is 1. The SMILES string of the molecule is CNC(=O)/C(C#N)=C/c1cc2c(cc1Br)OCO2. The maximum atomic E-state index is 11.4. The fourth-order valence-electron chi connectivity index (χ4n) is 1.48. The summed E-state index contributed by atoms with van der Waals surface area (Å²) in [7, 11) is 1.47. The first kappa shape index (κ1) is 12.5. The number of nitrogens with one attached hydrogen (secondary N) is 1. The summed E-state index contributed by atoms with van der Waals surface area (Å²) in [5, 5.41) is 11.3. The Morgan fingerprint density at radius 1 is 1.50 bits per heavy atom. The lowest BCUT2D eigenvalue weighted by Crippen LogP contribution is -2.19. The Bertz CT molecular complexity index is 575. The van der Waals surface area contributed by atoms with Gasteiger partial charge in [0.2, 0.25) is 6.79 Å². The van der Waals surface area contributed by atoms with Crippen molar-refractivity contribution in [2.45, 2.75) is 0 Å². The molecule has 1 aromatic rings. The number of amides is 1. The van der Waals surface area contributed by atoms with Crippen LogP contribution in [0.1, 0.15) is 5.56 Å². The van der Waals surface area contributed by atoms with Gasteiger partial charge in [-0.15, -0.1) is 0 Å². The van der Waals surface area contributed by atoms with E-state index in [2.05, 4.69) is 21.2 Å². The van der Waals surface area contributed by atoms with E-state index in [0.29, 0.717) is 17.1 Å². The molecule has 0 fully saturated rings. The second-order valence-electron chi connectivity index (χ2n) is 3.48. The van der Waals surface area contributed by atoms with E-state index in [1.54, 1.807) is 12.1 Å². The van der Waals surface area contributed by atoms with E-state index in [1.807, 2.05) is 6.07 Å². The molecule has 0 aromatic heterocycles. The maximum absolute atomic E-state index is 11.4. The highest BCUT2D eigenvalue weighted by Crippen LogP contribution is 2.37. The molecule has 0 spiro atoms. The Morgan fingerprint density at radius 3 is 2.78 bits per heavy atom. The second kappa shape index (κ2) is 5.10. The summed E-state index contributed by atoms with van der Waals surface area (Å²) < 4.78 is 11.2. The average Bonchev–Trinajstić information content (AvgIpc) is 2.81. The summed E-state index contributed by atoms with van der Waals surface area (Å²) in [6.45, 7) is 0.176. The number of nitrogens with zero attached hydrogens (tertiary/aromatic N) is 1. The van der Waals surface area contributed by atoms with Crippen molar-refractivity contribution in [1.82, 2.24) is 5.32 Å². The molecule has 0 saturated heterocycles. The monoisotopic (exact) mass is 308 g/mol. The summed E-state index contributed by atoms with van der Waals surface area (Å²) in [5.41, 5.74) is 0.705. The molecule has 0 radical (unpaired) electrons. The number of hydrogen-bond donors (Lipinski definition) is 1. The molecular weight excluding hydrogens is 300 g/mol. The number of hydrogen-bond acceptors (Lipinski definition) is 4. The van der Waals surface area contributed by atoms with E-state index < -0.39 is 5.91 Å². The van der Waals surface area contributed by atoms with Crippen molar-refractivity contribution in [3.8, 4) is 17.6 Å². The van der Waals surface area contributed by atoms with E-state index in [-0.39, 0.29) is 12.4 Å².